The van der Waals surface area contributed by atoms with Crippen LogP contribution in [0.4, 0.5) is 13.2 Å². The molecule has 7 nitrogen and oxygen atoms in total. The molecule has 12 heteroatoms. The Balaban J connectivity index is 2.55. The highest BCUT2D eigenvalue weighted by molar-refractivity contribution is 7.90. The first-order valence-electron chi connectivity index (χ1n) is 8.18. The maximum atomic E-state index is 13.0. The lowest BCUT2D eigenvalue weighted by atomic mass is 10.2. The Hall–Kier alpha value is -2.79. The number of methoxy groups -OCH3 is 1. The SMILES string of the molecule is COC(=O)CN=C(C(Cl)=C(N)C(F)(F)F)c1ccc(-c2cccc(S(C)(=O)=O)c2)[nH]1. The summed E-state index contributed by atoms with van der Waals surface area (Å²) in [5.41, 5.74) is 4.00. The highest BCUT2D eigenvalue weighted by Gasteiger charge is 2.35. The van der Waals surface area contributed by atoms with Gasteiger partial charge in [-0.1, -0.05) is 23.7 Å². The molecule has 0 bridgehead atoms. The van der Waals surface area contributed by atoms with Crippen LogP contribution in [0.2, 0.25) is 0 Å². The summed E-state index contributed by atoms with van der Waals surface area (Å²) in [6.45, 7) is -0.592. The van der Waals surface area contributed by atoms with Crippen LogP contribution in [0.3, 0.4) is 0 Å². The number of halogens is 4. The Morgan fingerprint density at radius 1 is 1.27 bits per heavy atom. The molecule has 2 rings (SSSR count). The van der Waals surface area contributed by atoms with Crippen LogP contribution < -0.4 is 5.73 Å². The molecular weight excluding hydrogens is 447 g/mol. The van der Waals surface area contributed by atoms with Crippen molar-refractivity contribution in [3.05, 3.63) is 52.8 Å². The second-order valence-corrected chi connectivity index (χ2v) is 8.45. The minimum absolute atomic E-state index is 0.0378. The number of aromatic nitrogens is 1. The number of alkyl halides is 3. The van der Waals surface area contributed by atoms with Crippen LogP contribution in [0, 0.1) is 0 Å². The first kappa shape index (κ1) is 23.5. The molecule has 0 atom stereocenters. The summed E-state index contributed by atoms with van der Waals surface area (Å²) in [6, 6.07) is 8.82. The first-order valence-corrected chi connectivity index (χ1v) is 10.5. The molecule has 0 aliphatic carbocycles. The second-order valence-electron chi connectivity index (χ2n) is 6.05. The standard InChI is InChI=1S/C18H17ClF3N3O4S/c1-29-14(26)9-24-16(15(19)17(23)18(20,21)22)13-7-6-12(25-13)10-4-3-5-11(8-10)30(2,27)28/h3-8,25H,9,23H2,1-2H3. The molecule has 0 unspecified atom stereocenters. The maximum Gasteiger partial charge on any atom is 0.432 e. The Morgan fingerprint density at radius 3 is 2.50 bits per heavy atom. The summed E-state index contributed by atoms with van der Waals surface area (Å²) in [7, 11) is -2.37. The van der Waals surface area contributed by atoms with Gasteiger partial charge in [0.1, 0.15) is 18.0 Å². The summed E-state index contributed by atoms with van der Waals surface area (Å²) in [5.74, 6) is -0.796. The number of aliphatic imine (C=N–C) groups is 1. The number of hydrogen-bond donors (Lipinski definition) is 2. The lowest BCUT2D eigenvalue weighted by Gasteiger charge is -2.11. The van der Waals surface area contributed by atoms with Gasteiger partial charge in [0, 0.05) is 11.9 Å². The quantitative estimate of drug-likeness (QED) is 0.505. The third-order valence-corrected chi connectivity index (χ3v) is 5.35. The normalized spacial score (nSPS) is 13.7. The number of nitrogens with two attached hydrogens (primary N) is 1. The third kappa shape index (κ3) is 5.63. The zero-order chi connectivity index (χ0) is 22.7. The number of esters is 1. The van der Waals surface area contributed by atoms with Gasteiger partial charge in [0.15, 0.2) is 9.84 Å². The van der Waals surface area contributed by atoms with E-state index >= 15 is 0 Å². The Kier molecular flexibility index (Phi) is 6.99. The van der Waals surface area contributed by atoms with Crippen LogP contribution in [-0.4, -0.2) is 51.2 Å². The molecule has 1 aromatic heterocycles. The van der Waals surface area contributed by atoms with Gasteiger partial charge in [0.2, 0.25) is 0 Å². The van der Waals surface area contributed by atoms with Crippen LogP contribution in [0.5, 0.6) is 0 Å². The number of sulfone groups is 1. The molecular formula is C18H17ClF3N3O4S. The monoisotopic (exact) mass is 463 g/mol. The van der Waals surface area contributed by atoms with E-state index in [1.807, 2.05) is 0 Å². The van der Waals surface area contributed by atoms with Crippen LogP contribution in [-0.2, 0) is 19.4 Å². The fourth-order valence-electron chi connectivity index (χ4n) is 2.33. The number of H-pyrrole nitrogens is 1. The minimum atomic E-state index is -4.91. The molecule has 1 heterocycles. The number of carbonyl (C=O) groups excluding carboxylic acids is 1. The number of allylic oxidation sites excluding steroid dienone is 2. The summed E-state index contributed by atoms with van der Waals surface area (Å²) < 4.78 is 66.9. The van der Waals surface area contributed by atoms with Crippen molar-refractivity contribution in [3.8, 4) is 11.3 Å². The number of benzene rings is 1. The Bertz CT molecular complexity index is 1120. The van der Waals surface area contributed by atoms with E-state index in [-0.39, 0.29) is 10.6 Å². The van der Waals surface area contributed by atoms with Crippen molar-refractivity contribution in [2.24, 2.45) is 10.7 Å². The van der Waals surface area contributed by atoms with E-state index in [0.717, 1.165) is 13.4 Å². The van der Waals surface area contributed by atoms with Gasteiger partial charge in [-0.15, -0.1) is 0 Å². The molecule has 0 aliphatic heterocycles. The van der Waals surface area contributed by atoms with E-state index in [1.165, 1.54) is 30.3 Å². The molecule has 0 radical (unpaired) electrons. The molecule has 162 valence electrons. The highest BCUT2D eigenvalue weighted by Crippen LogP contribution is 2.29. The number of rotatable bonds is 6. The van der Waals surface area contributed by atoms with Gasteiger partial charge >= 0.3 is 12.1 Å². The summed E-state index contributed by atoms with van der Waals surface area (Å²) in [4.78, 5) is 18.1. The number of ether oxygens (including phenoxy) is 1. The first-order chi connectivity index (χ1) is 13.8. The van der Waals surface area contributed by atoms with Crippen molar-refractivity contribution in [3.63, 3.8) is 0 Å². The number of nitrogens with zero attached hydrogens (tertiary/aromatic N) is 1. The zero-order valence-electron chi connectivity index (χ0n) is 15.7. The molecule has 0 amide bonds. The number of aromatic amines is 1. The molecule has 1 aromatic carbocycles. The van der Waals surface area contributed by atoms with Crippen molar-refractivity contribution in [1.82, 2.24) is 4.98 Å². The van der Waals surface area contributed by atoms with Gasteiger partial charge in [-0.05, 0) is 29.8 Å². The average molecular weight is 464 g/mol. The topological polar surface area (TPSA) is 115 Å². The molecule has 0 saturated carbocycles. The third-order valence-electron chi connectivity index (χ3n) is 3.86. The molecule has 2 aromatic rings. The van der Waals surface area contributed by atoms with E-state index in [2.05, 4.69) is 14.7 Å². The fraction of sp³-hybridized carbons (Fsp3) is 0.222. The van der Waals surface area contributed by atoms with Crippen molar-refractivity contribution in [1.29, 1.82) is 0 Å². The van der Waals surface area contributed by atoms with Gasteiger partial charge in [-0.2, -0.15) is 13.2 Å². The minimum Gasteiger partial charge on any atom is -0.468 e. The van der Waals surface area contributed by atoms with Gasteiger partial charge in [0.05, 0.1) is 22.7 Å². The number of hydrogen-bond acceptors (Lipinski definition) is 6. The van der Waals surface area contributed by atoms with Crippen molar-refractivity contribution < 1.29 is 31.1 Å². The van der Waals surface area contributed by atoms with Crippen molar-refractivity contribution in [2.75, 3.05) is 19.9 Å². The zero-order valence-corrected chi connectivity index (χ0v) is 17.3. The Morgan fingerprint density at radius 2 is 1.93 bits per heavy atom. The molecule has 30 heavy (non-hydrogen) atoms. The second kappa shape index (κ2) is 8.92. The molecule has 0 spiro atoms. The predicted octanol–water partition coefficient (Wildman–Crippen LogP) is 3.02. The van der Waals surface area contributed by atoms with E-state index in [9.17, 15) is 26.4 Å². The predicted molar refractivity (Wildman–Crippen MR) is 106 cm³/mol. The highest BCUT2D eigenvalue weighted by atomic mass is 35.5. The number of carbonyl (C=O) groups is 1. The molecule has 3 N–H and O–H groups in total. The lowest BCUT2D eigenvalue weighted by Crippen LogP contribution is -2.24. The van der Waals surface area contributed by atoms with E-state index in [0.29, 0.717) is 11.3 Å². The van der Waals surface area contributed by atoms with Gasteiger partial charge in [0.25, 0.3) is 0 Å². The van der Waals surface area contributed by atoms with E-state index in [1.54, 1.807) is 6.07 Å². The molecule has 0 saturated heterocycles. The Labute approximate surface area is 175 Å². The summed E-state index contributed by atoms with van der Waals surface area (Å²) >= 11 is 5.84. The smallest absolute Gasteiger partial charge is 0.432 e. The van der Waals surface area contributed by atoms with E-state index < -0.39 is 45.0 Å². The molecule has 0 aliphatic rings. The maximum absolute atomic E-state index is 13.0. The number of nitrogens with one attached hydrogen (secondary N) is 1. The largest absolute Gasteiger partial charge is 0.468 e. The van der Waals surface area contributed by atoms with E-state index in [4.69, 9.17) is 17.3 Å². The molecule has 0 fully saturated rings. The van der Waals surface area contributed by atoms with Crippen molar-refractivity contribution >= 4 is 33.1 Å². The van der Waals surface area contributed by atoms with Crippen molar-refractivity contribution in [2.45, 2.75) is 11.1 Å². The average Bonchev–Trinajstić information content (AvgIpc) is 3.15. The van der Waals surface area contributed by atoms with Crippen LogP contribution >= 0.6 is 11.6 Å². The van der Waals surface area contributed by atoms with Gasteiger partial charge in [-0.25, -0.2) is 8.42 Å². The van der Waals surface area contributed by atoms with Gasteiger partial charge in [-0.3, -0.25) is 9.79 Å². The van der Waals surface area contributed by atoms with Crippen LogP contribution in [0.25, 0.3) is 11.3 Å². The summed E-state index contributed by atoms with van der Waals surface area (Å²) in [5, 5.41) is -0.898. The fourth-order valence-corrected chi connectivity index (χ4v) is 3.26. The lowest BCUT2D eigenvalue weighted by molar-refractivity contribution is -0.138. The van der Waals surface area contributed by atoms with Crippen LogP contribution in [0.15, 0.2) is 57.0 Å². The summed E-state index contributed by atoms with van der Waals surface area (Å²) in [6.07, 6.45) is -3.86. The van der Waals surface area contributed by atoms with Gasteiger partial charge < -0.3 is 15.5 Å². The van der Waals surface area contributed by atoms with Crippen LogP contribution in [0.1, 0.15) is 5.69 Å².